The molecule has 0 bridgehead atoms. The van der Waals surface area contributed by atoms with Crippen LogP contribution < -0.4 is 9.62 Å². The number of rotatable bonds is 9. The minimum atomic E-state index is -4.42. The van der Waals surface area contributed by atoms with Gasteiger partial charge in [-0.2, -0.15) is 13.2 Å². The van der Waals surface area contributed by atoms with E-state index >= 15 is 0 Å². The van der Waals surface area contributed by atoms with Gasteiger partial charge in [0.15, 0.2) is 0 Å². The Kier molecular flexibility index (Phi) is 9.48. The van der Waals surface area contributed by atoms with Crippen molar-refractivity contribution in [1.82, 2.24) is 4.72 Å². The summed E-state index contributed by atoms with van der Waals surface area (Å²) in [7, 11) is 2.26. The molecule has 0 amide bonds. The van der Waals surface area contributed by atoms with E-state index in [0.29, 0.717) is 11.5 Å². The molecule has 0 radical (unpaired) electrons. The second kappa shape index (κ2) is 12.0. The first kappa shape index (κ1) is 29.9. The molecule has 0 aliphatic carbocycles. The quantitative estimate of drug-likeness (QED) is 0.293. The first-order chi connectivity index (χ1) is 17.7. The smallest absolute Gasteiger partial charge is 0.378 e. The fourth-order valence-corrected chi connectivity index (χ4v) is 6.05. The number of hydrogen-bond acceptors (Lipinski definition) is 2. The second-order valence-corrected chi connectivity index (χ2v) is 12.1. The van der Waals surface area contributed by atoms with Crippen LogP contribution in [-0.2, 0) is 17.2 Å². The van der Waals surface area contributed by atoms with Crippen molar-refractivity contribution in [2.24, 2.45) is 0 Å². The first-order valence-electron chi connectivity index (χ1n) is 13.0. The monoisotopic (exact) mass is 544 g/mol. The number of halogens is 3. The molecule has 38 heavy (non-hydrogen) atoms. The van der Waals surface area contributed by atoms with Gasteiger partial charge in [-0.3, -0.25) is 0 Å². The average molecular weight is 545 g/mol. The van der Waals surface area contributed by atoms with Crippen molar-refractivity contribution in [2.75, 3.05) is 19.0 Å². The van der Waals surface area contributed by atoms with Gasteiger partial charge in [-0.1, -0.05) is 77.9 Å². The highest BCUT2D eigenvalue weighted by Crippen LogP contribution is 2.36. The van der Waals surface area contributed by atoms with Gasteiger partial charge in [0.2, 0.25) is 0 Å². The maximum Gasteiger partial charge on any atom is 0.416 e. The van der Waals surface area contributed by atoms with Gasteiger partial charge in [-0.25, -0.2) is 8.93 Å². The van der Waals surface area contributed by atoms with E-state index in [1.807, 2.05) is 43.3 Å². The normalized spacial score (nSPS) is 13.8. The molecule has 0 fully saturated rings. The van der Waals surface area contributed by atoms with Crippen LogP contribution in [0.2, 0.25) is 0 Å². The summed E-state index contributed by atoms with van der Waals surface area (Å²) in [5, 5.41) is 0. The standard InChI is InChI=1S/C31H39F3N2OS/c1-19(2)24-17-27(20(3)4)30(28(18-24)21(5)6)38(37)35-29(23-11-15-26(16-12-23)36(7)8)22-9-13-25(14-10-22)31(32,33)34/h9-21,29,35H,1-8H3/t29-,38?/m1/s1. The van der Waals surface area contributed by atoms with E-state index in [0.717, 1.165) is 39.4 Å². The number of nitrogens with zero attached hydrogens (tertiary/aromatic N) is 1. The Bertz CT molecular complexity index is 1220. The van der Waals surface area contributed by atoms with E-state index in [4.69, 9.17) is 0 Å². The summed E-state index contributed by atoms with van der Waals surface area (Å²) in [4.78, 5) is 2.74. The summed E-state index contributed by atoms with van der Waals surface area (Å²) < 4.78 is 57.2. The Morgan fingerprint density at radius 2 is 1.16 bits per heavy atom. The van der Waals surface area contributed by atoms with Crippen molar-refractivity contribution in [1.29, 1.82) is 0 Å². The number of nitrogens with one attached hydrogen (secondary N) is 1. The van der Waals surface area contributed by atoms with Crippen molar-refractivity contribution in [3.05, 3.63) is 94.0 Å². The van der Waals surface area contributed by atoms with Gasteiger partial charge in [0, 0.05) is 19.8 Å². The third kappa shape index (κ3) is 6.86. The third-order valence-electron chi connectivity index (χ3n) is 6.80. The highest BCUT2D eigenvalue weighted by atomic mass is 32.2. The average Bonchev–Trinajstić information content (AvgIpc) is 2.85. The summed E-state index contributed by atoms with van der Waals surface area (Å²) in [5.74, 6) is 0.627. The van der Waals surface area contributed by atoms with Crippen molar-refractivity contribution in [3.63, 3.8) is 0 Å². The molecule has 0 saturated carbocycles. The number of hydrogen-bond donors (Lipinski definition) is 1. The molecule has 1 unspecified atom stereocenters. The number of anilines is 1. The van der Waals surface area contributed by atoms with Crippen LogP contribution >= 0.6 is 0 Å². The topological polar surface area (TPSA) is 32.3 Å². The Balaban J connectivity index is 2.13. The van der Waals surface area contributed by atoms with E-state index in [9.17, 15) is 17.4 Å². The Labute approximate surface area is 228 Å². The molecule has 0 aromatic heterocycles. The molecule has 0 spiro atoms. The molecule has 0 heterocycles. The fourth-order valence-electron chi connectivity index (χ4n) is 4.43. The lowest BCUT2D eigenvalue weighted by atomic mass is 9.89. The largest absolute Gasteiger partial charge is 0.416 e. The van der Waals surface area contributed by atoms with Gasteiger partial charge in [0.1, 0.15) is 11.0 Å². The second-order valence-electron chi connectivity index (χ2n) is 10.9. The minimum absolute atomic E-state index is 0.149. The van der Waals surface area contributed by atoms with Crippen LogP contribution in [0.15, 0.2) is 65.6 Å². The molecule has 3 nitrogen and oxygen atoms in total. The van der Waals surface area contributed by atoms with Gasteiger partial charge >= 0.3 is 6.18 Å². The zero-order valence-electron chi connectivity index (χ0n) is 23.5. The molecule has 0 aliphatic heterocycles. The van der Waals surface area contributed by atoms with Crippen LogP contribution in [0.4, 0.5) is 18.9 Å². The summed E-state index contributed by atoms with van der Waals surface area (Å²) in [6, 6.07) is 16.6. The predicted octanol–water partition coefficient (Wildman–Crippen LogP) is 8.54. The maximum atomic E-state index is 14.1. The Morgan fingerprint density at radius 1 is 0.711 bits per heavy atom. The van der Waals surface area contributed by atoms with Crippen LogP contribution in [0.3, 0.4) is 0 Å². The lowest BCUT2D eigenvalue weighted by Gasteiger charge is -2.25. The first-order valence-corrected chi connectivity index (χ1v) is 14.2. The van der Waals surface area contributed by atoms with Crippen LogP contribution in [0.5, 0.6) is 0 Å². The molecule has 206 valence electrons. The van der Waals surface area contributed by atoms with Gasteiger partial charge in [0.05, 0.1) is 16.5 Å². The lowest BCUT2D eigenvalue weighted by molar-refractivity contribution is -0.137. The Hall–Kier alpha value is -2.64. The fraction of sp³-hybridized carbons (Fsp3) is 0.419. The molecule has 3 rings (SSSR count). The zero-order chi connectivity index (χ0) is 28.4. The highest BCUT2D eigenvalue weighted by molar-refractivity contribution is 7.83. The molecule has 0 saturated heterocycles. The SMILES string of the molecule is CC(C)c1cc(C(C)C)c(S(=O)N[C@@H](c2ccc(N(C)C)cc2)c2ccc(C(F)(F)F)cc2)c(C(C)C)c1. The molecular formula is C31H39F3N2OS. The van der Waals surface area contributed by atoms with E-state index in [-0.39, 0.29) is 11.8 Å². The third-order valence-corrected chi connectivity index (χ3v) is 8.10. The molecule has 1 N–H and O–H groups in total. The molecule has 2 atom stereocenters. The Morgan fingerprint density at radius 3 is 1.53 bits per heavy atom. The van der Waals surface area contributed by atoms with Crippen molar-refractivity contribution < 1.29 is 17.4 Å². The van der Waals surface area contributed by atoms with Gasteiger partial charge in [-0.15, -0.1) is 0 Å². The van der Waals surface area contributed by atoms with Crippen molar-refractivity contribution >= 4 is 16.7 Å². The lowest BCUT2D eigenvalue weighted by Crippen LogP contribution is -2.27. The molecule has 7 heteroatoms. The van der Waals surface area contributed by atoms with Crippen molar-refractivity contribution in [3.8, 4) is 0 Å². The van der Waals surface area contributed by atoms with E-state index < -0.39 is 28.8 Å². The van der Waals surface area contributed by atoms with E-state index in [2.05, 4.69) is 58.4 Å². The van der Waals surface area contributed by atoms with Gasteiger partial charge < -0.3 is 4.90 Å². The highest BCUT2D eigenvalue weighted by Gasteiger charge is 2.31. The van der Waals surface area contributed by atoms with E-state index in [1.165, 1.54) is 17.7 Å². The van der Waals surface area contributed by atoms with Crippen LogP contribution in [0.1, 0.15) is 98.7 Å². The molecular weight excluding hydrogens is 505 g/mol. The number of benzene rings is 3. The van der Waals surface area contributed by atoms with Gasteiger partial charge in [-0.05, 0) is 69.8 Å². The van der Waals surface area contributed by atoms with Gasteiger partial charge in [0.25, 0.3) is 0 Å². The van der Waals surface area contributed by atoms with Crippen molar-refractivity contribution in [2.45, 2.75) is 76.4 Å². The van der Waals surface area contributed by atoms with Crippen LogP contribution in [-0.4, -0.2) is 18.3 Å². The maximum absolute atomic E-state index is 14.1. The summed E-state index contributed by atoms with van der Waals surface area (Å²) in [6.07, 6.45) is -4.42. The molecule has 0 aliphatic rings. The number of alkyl halides is 3. The minimum Gasteiger partial charge on any atom is -0.378 e. The summed E-state index contributed by atoms with van der Waals surface area (Å²) in [6.45, 7) is 12.7. The summed E-state index contributed by atoms with van der Waals surface area (Å²) >= 11 is 0. The summed E-state index contributed by atoms with van der Waals surface area (Å²) in [5.41, 5.74) is 4.98. The zero-order valence-corrected chi connectivity index (χ0v) is 24.3. The molecule has 3 aromatic rings. The van der Waals surface area contributed by atoms with E-state index in [1.54, 1.807) is 0 Å². The van der Waals surface area contributed by atoms with Crippen LogP contribution in [0.25, 0.3) is 0 Å². The predicted molar refractivity (Wildman–Crippen MR) is 152 cm³/mol. The van der Waals surface area contributed by atoms with Crippen LogP contribution in [0, 0.1) is 0 Å². The molecule has 3 aromatic carbocycles.